The minimum Gasteiger partial charge on any atom is -0.399 e. The maximum atomic E-state index is 5.70. The van der Waals surface area contributed by atoms with E-state index < -0.39 is 0 Å². The summed E-state index contributed by atoms with van der Waals surface area (Å²) in [5.41, 5.74) is 7.49. The van der Waals surface area contributed by atoms with Crippen molar-refractivity contribution in [3.05, 3.63) is 30.6 Å². The molecule has 1 fully saturated rings. The van der Waals surface area contributed by atoms with E-state index in [2.05, 4.69) is 17.0 Å². The van der Waals surface area contributed by atoms with Crippen LogP contribution >= 0.6 is 0 Å². The zero-order valence-corrected chi connectivity index (χ0v) is 11.3. The van der Waals surface area contributed by atoms with Crippen molar-refractivity contribution in [3.63, 3.8) is 0 Å². The Hall–Kier alpha value is -1.84. The molecule has 4 nitrogen and oxygen atoms in total. The summed E-state index contributed by atoms with van der Waals surface area (Å²) in [6.07, 6.45) is 6.94. The molecule has 3 rings (SSSR count). The number of nitrogen functional groups attached to an aromatic ring is 1. The summed E-state index contributed by atoms with van der Waals surface area (Å²) >= 11 is 0. The highest BCUT2D eigenvalue weighted by atomic mass is 15.3. The fourth-order valence-electron chi connectivity index (χ4n) is 2.86. The van der Waals surface area contributed by atoms with Gasteiger partial charge in [-0.05, 0) is 43.0 Å². The predicted octanol–water partition coefficient (Wildman–Crippen LogP) is 3.28. The Morgan fingerprint density at radius 2 is 2.00 bits per heavy atom. The molecule has 1 aromatic carbocycles. The molecule has 2 N–H and O–H groups in total. The van der Waals surface area contributed by atoms with E-state index in [1.54, 1.807) is 0 Å². The first kappa shape index (κ1) is 12.2. The molecule has 0 saturated heterocycles. The summed E-state index contributed by atoms with van der Waals surface area (Å²) in [6.45, 7) is 2.32. The third-order valence-corrected chi connectivity index (χ3v) is 3.96. The van der Waals surface area contributed by atoms with Crippen molar-refractivity contribution in [1.82, 2.24) is 14.8 Å². The van der Waals surface area contributed by atoms with E-state index >= 15 is 0 Å². The number of rotatable bonds is 2. The number of benzene rings is 1. The first-order valence-corrected chi connectivity index (χ1v) is 6.99. The molecule has 1 aromatic heterocycles. The van der Waals surface area contributed by atoms with Crippen LogP contribution in [-0.4, -0.2) is 14.8 Å². The van der Waals surface area contributed by atoms with Crippen LogP contribution in [0, 0.1) is 5.92 Å². The number of nitrogens with two attached hydrogens (primary N) is 1. The topological polar surface area (TPSA) is 56.7 Å². The minimum atomic E-state index is 0.513. The maximum absolute atomic E-state index is 5.70. The van der Waals surface area contributed by atoms with Crippen molar-refractivity contribution in [3.8, 4) is 11.4 Å². The van der Waals surface area contributed by atoms with Crippen LogP contribution in [0.15, 0.2) is 30.6 Å². The van der Waals surface area contributed by atoms with Gasteiger partial charge in [0, 0.05) is 11.3 Å². The van der Waals surface area contributed by atoms with Crippen molar-refractivity contribution in [2.75, 3.05) is 5.73 Å². The van der Waals surface area contributed by atoms with E-state index in [-0.39, 0.29) is 0 Å². The lowest BCUT2D eigenvalue weighted by Crippen LogP contribution is -2.18. The number of aromatic nitrogens is 3. The summed E-state index contributed by atoms with van der Waals surface area (Å²) in [6, 6.07) is 8.23. The van der Waals surface area contributed by atoms with Crippen molar-refractivity contribution >= 4 is 5.69 Å². The monoisotopic (exact) mass is 256 g/mol. The summed E-state index contributed by atoms with van der Waals surface area (Å²) in [7, 11) is 0. The molecular formula is C15H20N4. The zero-order valence-electron chi connectivity index (χ0n) is 11.3. The predicted molar refractivity (Wildman–Crippen MR) is 76.5 cm³/mol. The van der Waals surface area contributed by atoms with E-state index in [1.807, 2.05) is 35.3 Å². The average molecular weight is 256 g/mol. The highest BCUT2D eigenvalue weighted by Gasteiger charge is 2.21. The van der Waals surface area contributed by atoms with E-state index in [1.165, 1.54) is 25.7 Å². The van der Waals surface area contributed by atoms with Crippen molar-refractivity contribution in [2.24, 2.45) is 5.92 Å². The number of hydrogen-bond donors (Lipinski definition) is 1. The largest absolute Gasteiger partial charge is 0.399 e. The summed E-state index contributed by atoms with van der Waals surface area (Å²) in [4.78, 5) is 4.43. The second-order valence-corrected chi connectivity index (χ2v) is 5.60. The lowest BCUT2D eigenvalue weighted by molar-refractivity contribution is 0.266. The fraction of sp³-hybridized carbons (Fsp3) is 0.467. The summed E-state index contributed by atoms with van der Waals surface area (Å²) in [5.74, 6) is 1.58. The van der Waals surface area contributed by atoms with Gasteiger partial charge in [-0.25, -0.2) is 9.67 Å². The Morgan fingerprint density at radius 3 is 2.74 bits per heavy atom. The van der Waals surface area contributed by atoms with Gasteiger partial charge >= 0.3 is 0 Å². The lowest BCUT2D eigenvalue weighted by atomic mass is 9.87. The molecule has 1 heterocycles. The molecule has 0 radical (unpaired) electrons. The molecule has 2 atom stereocenters. The van der Waals surface area contributed by atoms with E-state index in [4.69, 9.17) is 5.73 Å². The number of anilines is 1. The van der Waals surface area contributed by atoms with Crippen LogP contribution < -0.4 is 5.73 Å². The second-order valence-electron chi connectivity index (χ2n) is 5.60. The molecular weight excluding hydrogens is 236 g/mol. The van der Waals surface area contributed by atoms with Gasteiger partial charge in [0.25, 0.3) is 0 Å². The Bertz CT molecular complexity index is 544. The molecule has 1 aliphatic rings. The molecule has 1 saturated carbocycles. The van der Waals surface area contributed by atoms with Crippen molar-refractivity contribution in [2.45, 2.75) is 38.6 Å². The van der Waals surface area contributed by atoms with Crippen LogP contribution in [0.1, 0.15) is 38.6 Å². The quantitative estimate of drug-likeness (QED) is 0.839. The lowest BCUT2D eigenvalue weighted by Gasteiger charge is -2.26. The third kappa shape index (κ3) is 2.62. The van der Waals surface area contributed by atoms with Crippen LogP contribution in [0.25, 0.3) is 11.4 Å². The van der Waals surface area contributed by atoms with Crippen LogP contribution in [0.3, 0.4) is 0 Å². The summed E-state index contributed by atoms with van der Waals surface area (Å²) in [5, 5.41) is 4.63. The Morgan fingerprint density at radius 1 is 1.21 bits per heavy atom. The molecule has 100 valence electrons. The van der Waals surface area contributed by atoms with Gasteiger partial charge in [-0.15, -0.1) is 0 Å². The molecule has 0 spiro atoms. The first-order valence-electron chi connectivity index (χ1n) is 6.99. The molecule has 2 aromatic rings. The van der Waals surface area contributed by atoms with Gasteiger partial charge in [0.15, 0.2) is 5.82 Å². The fourth-order valence-corrected chi connectivity index (χ4v) is 2.86. The summed E-state index contributed by atoms with van der Waals surface area (Å²) < 4.78 is 2.04. The van der Waals surface area contributed by atoms with E-state index in [0.29, 0.717) is 6.04 Å². The number of hydrogen-bond acceptors (Lipinski definition) is 3. The Labute approximate surface area is 113 Å². The van der Waals surface area contributed by atoms with Gasteiger partial charge in [-0.1, -0.05) is 19.8 Å². The van der Waals surface area contributed by atoms with Gasteiger partial charge in [-0.3, -0.25) is 0 Å². The molecule has 1 aliphatic carbocycles. The molecule has 0 amide bonds. The second kappa shape index (κ2) is 5.03. The van der Waals surface area contributed by atoms with Gasteiger partial charge in [0.1, 0.15) is 6.33 Å². The molecule has 4 heteroatoms. The Kier molecular flexibility index (Phi) is 3.23. The van der Waals surface area contributed by atoms with Gasteiger partial charge in [-0.2, -0.15) is 5.10 Å². The standard InChI is InChI=1S/C15H20N4/c1-11-3-2-4-14(9-11)19-10-17-15(18-19)12-5-7-13(16)8-6-12/h5-8,10-11,14H,2-4,9,16H2,1H3. The van der Waals surface area contributed by atoms with Crippen molar-refractivity contribution in [1.29, 1.82) is 0 Å². The normalized spacial score (nSPS) is 23.4. The SMILES string of the molecule is CC1CCCC(n2cnc(-c3ccc(N)cc3)n2)C1. The highest BCUT2D eigenvalue weighted by molar-refractivity contribution is 5.57. The van der Waals surface area contributed by atoms with Crippen LogP contribution in [0.5, 0.6) is 0 Å². The average Bonchev–Trinajstić information content (AvgIpc) is 2.89. The van der Waals surface area contributed by atoms with Crippen LogP contribution in [-0.2, 0) is 0 Å². The van der Waals surface area contributed by atoms with E-state index in [9.17, 15) is 0 Å². The van der Waals surface area contributed by atoms with Gasteiger partial charge in [0.2, 0.25) is 0 Å². The van der Waals surface area contributed by atoms with E-state index in [0.717, 1.165) is 23.0 Å². The van der Waals surface area contributed by atoms with Crippen LogP contribution in [0.2, 0.25) is 0 Å². The zero-order chi connectivity index (χ0) is 13.2. The van der Waals surface area contributed by atoms with Gasteiger partial charge < -0.3 is 5.73 Å². The first-order chi connectivity index (χ1) is 9.22. The van der Waals surface area contributed by atoms with Crippen LogP contribution in [0.4, 0.5) is 5.69 Å². The smallest absolute Gasteiger partial charge is 0.181 e. The maximum Gasteiger partial charge on any atom is 0.181 e. The molecule has 0 bridgehead atoms. The number of nitrogens with zero attached hydrogens (tertiary/aromatic N) is 3. The minimum absolute atomic E-state index is 0.513. The Balaban J connectivity index is 1.81. The highest BCUT2D eigenvalue weighted by Crippen LogP contribution is 2.31. The van der Waals surface area contributed by atoms with Gasteiger partial charge in [0.05, 0.1) is 6.04 Å². The molecule has 0 aliphatic heterocycles. The third-order valence-electron chi connectivity index (χ3n) is 3.96. The van der Waals surface area contributed by atoms with Crippen molar-refractivity contribution < 1.29 is 0 Å². The molecule has 2 unspecified atom stereocenters. The molecule has 19 heavy (non-hydrogen) atoms.